The van der Waals surface area contributed by atoms with E-state index in [4.69, 9.17) is 0 Å². The quantitative estimate of drug-likeness (QED) is 0.716. The molecule has 1 unspecified atom stereocenters. The van der Waals surface area contributed by atoms with E-state index < -0.39 is 0 Å². The number of carbonyl (C=O) groups excluding carboxylic acids is 2. The smallest absolute Gasteiger partial charge is 0.240 e. The van der Waals surface area contributed by atoms with E-state index in [9.17, 15) is 9.59 Å². The van der Waals surface area contributed by atoms with Crippen molar-refractivity contribution in [2.24, 2.45) is 0 Å². The molecule has 1 aliphatic rings. The van der Waals surface area contributed by atoms with Gasteiger partial charge in [0.15, 0.2) is 0 Å². The van der Waals surface area contributed by atoms with Crippen LogP contribution in [0.25, 0.3) is 0 Å². The molecule has 0 aromatic heterocycles. The molecule has 0 aromatic rings. The van der Waals surface area contributed by atoms with Crippen molar-refractivity contribution in [2.75, 3.05) is 33.2 Å². The van der Waals surface area contributed by atoms with Crippen molar-refractivity contribution >= 4 is 11.8 Å². The fourth-order valence-electron chi connectivity index (χ4n) is 1.91. The van der Waals surface area contributed by atoms with Gasteiger partial charge in [-0.05, 0) is 13.8 Å². The molecule has 5 heteroatoms. The lowest BCUT2D eigenvalue weighted by Crippen LogP contribution is -2.55. The molecule has 0 bridgehead atoms. The summed E-state index contributed by atoms with van der Waals surface area (Å²) in [5.41, 5.74) is 0. The monoisotopic (exact) mass is 227 g/mol. The van der Waals surface area contributed by atoms with Crippen LogP contribution in [-0.2, 0) is 9.59 Å². The number of likely N-dealkylation sites (N-methyl/N-ethyl adjacent to an activating group) is 1. The summed E-state index contributed by atoms with van der Waals surface area (Å²) in [6, 6.07) is -0.341. The van der Waals surface area contributed by atoms with Crippen LogP contribution >= 0.6 is 0 Å². The SMILES string of the molecule is CCN(CC)C(=O)CC1NCCN(C)C1=O. The maximum Gasteiger partial charge on any atom is 0.240 e. The molecule has 2 amide bonds. The molecule has 0 radical (unpaired) electrons. The van der Waals surface area contributed by atoms with Crippen LogP contribution in [-0.4, -0.2) is 60.9 Å². The maximum absolute atomic E-state index is 11.8. The summed E-state index contributed by atoms with van der Waals surface area (Å²) in [6.45, 7) is 6.78. The fraction of sp³-hybridized carbons (Fsp3) is 0.818. The molecule has 0 aromatic carbocycles. The Kier molecular flexibility index (Phi) is 4.73. The van der Waals surface area contributed by atoms with Crippen molar-refractivity contribution in [3.8, 4) is 0 Å². The molecule has 1 heterocycles. The molecule has 0 saturated carbocycles. The topological polar surface area (TPSA) is 52.7 Å². The van der Waals surface area contributed by atoms with E-state index in [1.54, 1.807) is 16.8 Å². The van der Waals surface area contributed by atoms with Gasteiger partial charge in [0.05, 0.1) is 12.5 Å². The number of hydrogen-bond donors (Lipinski definition) is 1. The Hall–Kier alpha value is -1.10. The molecule has 1 atom stereocenters. The zero-order valence-electron chi connectivity index (χ0n) is 10.3. The Bertz CT molecular complexity index is 264. The van der Waals surface area contributed by atoms with Crippen LogP contribution in [0.5, 0.6) is 0 Å². The van der Waals surface area contributed by atoms with Gasteiger partial charge in [0.25, 0.3) is 0 Å². The Morgan fingerprint density at radius 2 is 2.12 bits per heavy atom. The normalized spacial score (nSPS) is 21.1. The van der Waals surface area contributed by atoms with Crippen LogP contribution in [0.2, 0.25) is 0 Å². The van der Waals surface area contributed by atoms with Crippen LogP contribution in [0.4, 0.5) is 0 Å². The largest absolute Gasteiger partial charge is 0.343 e. The lowest BCUT2D eigenvalue weighted by Gasteiger charge is -2.31. The first-order valence-electron chi connectivity index (χ1n) is 5.86. The second kappa shape index (κ2) is 5.84. The molecule has 1 saturated heterocycles. The van der Waals surface area contributed by atoms with Gasteiger partial charge >= 0.3 is 0 Å². The summed E-state index contributed by atoms with van der Waals surface area (Å²) >= 11 is 0. The zero-order chi connectivity index (χ0) is 12.1. The van der Waals surface area contributed by atoms with Crippen molar-refractivity contribution in [1.29, 1.82) is 0 Å². The van der Waals surface area contributed by atoms with Crippen LogP contribution in [0.15, 0.2) is 0 Å². The second-order valence-electron chi connectivity index (χ2n) is 4.04. The maximum atomic E-state index is 11.8. The van der Waals surface area contributed by atoms with Gasteiger partial charge in [-0.3, -0.25) is 9.59 Å². The molecular formula is C11H21N3O2. The summed E-state index contributed by atoms with van der Waals surface area (Å²) in [5.74, 6) is 0.0675. The summed E-state index contributed by atoms with van der Waals surface area (Å²) in [5, 5.41) is 3.09. The van der Waals surface area contributed by atoms with E-state index in [1.807, 2.05) is 13.8 Å². The standard InChI is InChI=1S/C11H21N3O2/c1-4-14(5-2)10(15)8-9-11(16)13(3)7-6-12-9/h9,12H,4-8H2,1-3H3. The van der Waals surface area contributed by atoms with Crippen LogP contribution in [0.3, 0.4) is 0 Å². The number of amides is 2. The Balaban J connectivity index is 2.52. The lowest BCUT2D eigenvalue weighted by atomic mass is 10.1. The molecule has 1 aliphatic heterocycles. The van der Waals surface area contributed by atoms with Crippen molar-refractivity contribution in [3.05, 3.63) is 0 Å². The summed E-state index contributed by atoms with van der Waals surface area (Å²) in [4.78, 5) is 27.0. The molecule has 0 spiro atoms. The summed E-state index contributed by atoms with van der Waals surface area (Å²) in [7, 11) is 1.78. The predicted octanol–water partition coefficient (Wildman–Crippen LogP) is -0.325. The van der Waals surface area contributed by atoms with Crippen LogP contribution in [0.1, 0.15) is 20.3 Å². The molecule has 0 aliphatic carbocycles. The number of carbonyl (C=O) groups is 2. The third kappa shape index (κ3) is 2.95. The highest BCUT2D eigenvalue weighted by molar-refractivity contribution is 5.88. The number of piperazine rings is 1. The number of rotatable bonds is 4. The molecule has 1 rings (SSSR count). The van der Waals surface area contributed by atoms with Gasteiger partial charge in [-0.15, -0.1) is 0 Å². The van der Waals surface area contributed by atoms with Gasteiger partial charge in [-0.1, -0.05) is 0 Å². The molecule has 92 valence electrons. The molecular weight excluding hydrogens is 206 g/mol. The van der Waals surface area contributed by atoms with E-state index in [2.05, 4.69) is 5.32 Å². The van der Waals surface area contributed by atoms with Crippen molar-refractivity contribution in [3.63, 3.8) is 0 Å². The van der Waals surface area contributed by atoms with Crippen molar-refractivity contribution in [2.45, 2.75) is 26.3 Å². The highest BCUT2D eigenvalue weighted by Gasteiger charge is 2.28. The van der Waals surface area contributed by atoms with E-state index >= 15 is 0 Å². The molecule has 5 nitrogen and oxygen atoms in total. The first-order valence-corrected chi connectivity index (χ1v) is 5.86. The van der Waals surface area contributed by atoms with Gasteiger partial charge in [-0.25, -0.2) is 0 Å². The number of nitrogens with zero attached hydrogens (tertiary/aromatic N) is 2. The van der Waals surface area contributed by atoms with Gasteiger partial charge in [0, 0.05) is 33.2 Å². The number of nitrogens with one attached hydrogen (secondary N) is 1. The average molecular weight is 227 g/mol. The fourth-order valence-corrected chi connectivity index (χ4v) is 1.91. The minimum Gasteiger partial charge on any atom is -0.343 e. The van der Waals surface area contributed by atoms with E-state index in [1.165, 1.54) is 0 Å². The Morgan fingerprint density at radius 1 is 1.50 bits per heavy atom. The first kappa shape index (κ1) is 13.0. The lowest BCUT2D eigenvalue weighted by molar-refractivity contribution is -0.139. The third-order valence-corrected chi connectivity index (χ3v) is 3.01. The van der Waals surface area contributed by atoms with E-state index in [0.717, 1.165) is 13.1 Å². The minimum atomic E-state index is -0.341. The zero-order valence-corrected chi connectivity index (χ0v) is 10.3. The highest BCUT2D eigenvalue weighted by atomic mass is 16.2. The van der Waals surface area contributed by atoms with Gasteiger partial charge in [0.2, 0.25) is 11.8 Å². The average Bonchev–Trinajstić information content (AvgIpc) is 2.26. The second-order valence-corrected chi connectivity index (χ2v) is 4.04. The minimum absolute atomic E-state index is 0.0201. The predicted molar refractivity (Wildman–Crippen MR) is 62.0 cm³/mol. The Morgan fingerprint density at radius 3 is 2.69 bits per heavy atom. The van der Waals surface area contributed by atoms with E-state index in [-0.39, 0.29) is 24.3 Å². The van der Waals surface area contributed by atoms with Gasteiger partial charge in [0.1, 0.15) is 0 Å². The van der Waals surface area contributed by atoms with Crippen LogP contribution < -0.4 is 5.32 Å². The van der Waals surface area contributed by atoms with Gasteiger partial charge in [-0.2, -0.15) is 0 Å². The van der Waals surface area contributed by atoms with Crippen molar-refractivity contribution < 1.29 is 9.59 Å². The highest BCUT2D eigenvalue weighted by Crippen LogP contribution is 2.05. The molecule has 1 N–H and O–H groups in total. The van der Waals surface area contributed by atoms with E-state index in [0.29, 0.717) is 13.1 Å². The van der Waals surface area contributed by atoms with Crippen LogP contribution in [0, 0.1) is 0 Å². The first-order chi connectivity index (χ1) is 7.60. The number of hydrogen-bond acceptors (Lipinski definition) is 3. The molecule has 16 heavy (non-hydrogen) atoms. The summed E-state index contributed by atoms with van der Waals surface area (Å²) < 4.78 is 0. The molecule has 1 fully saturated rings. The third-order valence-electron chi connectivity index (χ3n) is 3.01. The van der Waals surface area contributed by atoms with Gasteiger partial charge < -0.3 is 15.1 Å². The van der Waals surface area contributed by atoms with Crippen molar-refractivity contribution in [1.82, 2.24) is 15.1 Å². The Labute approximate surface area is 96.8 Å². The summed E-state index contributed by atoms with van der Waals surface area (Å²) in [6.07, 6.45) is 0.269.